The van der Waals surface area contributed by atoms with Gasteiger partial charge in [-0.3, -0.25) is 14.4 Å². The van der Waals surface area contributed by atoms with Crippen LogP contribution < -0.4 is 15.4 Å². The van der Waals surface area contributed by atoms with Gasteiger partial charge in [0.25, 0.3) is 11.8 Å². The quantitative estimate of drug-likeness (QED) is 0.560. The summed E-state index contributed by atoms with van der Waals surface area (Å²) in [5, 5.41) is 4.86. The molecule has 2 amide bonds. The fraction of sp³-hybridized carbons (Fsp3) is 0.474. The van der Waals surface area contributed by atoms with E-state index in [1.807, 2.05) is 13.8 Å². The normalized spacial score (nSPS) is 11.3. The summed E-state index contributed by atoms with van der Waals surface area (Å²) < 4.78 is 14.5. The average molecular weight is 394 g/mol. The van der Waals surface area contributed by atoms with Gasteiger partial charge in [-0.1, -0.05) is 13.8 Å². The number of carbonyl (C=O) groups excluding carboxylic acids is 4. The van der Waals surface area contributed by atoms with Crippen LogP contribution in [-0.4, -0.2) is 57.2 Å². The third kappa shape index (κ3) is 8.07. The van der Waals surface area contributed by atoms with E-state index in [2.05, 4.69) is 15.4 Å². The number of methoxy groups -OCH3 is 2. The molecule has 0 aliphatic carbocycles. The van der Waals surface area contributed by atoms with Gasteiger partial charge >= 0.3 is 11.9 Å². The summed E-state index contributed by atoms with van der Waals surface area (Å²) in [7, 11) is 2.74. The fourth-order valence-electron chi connectivity index (χ4n) is 2.26. The largest absolute Gasteiger partial charge is 0.497 e. The zero-order valence-corrected chi connectivity index (χ0v) is 16.4. The third-order valence-electron chi connectivity index (χ3n) is 3.64. The topological polar surface area (TPSA) is 120 Å². The zero-order chi connectivity index (χ0) is 21.1. The maximum atomic E-state index is 12.0. The summed E-state index contributed by atoms with van der Waals surface area (Å²) in [6.07, 6.45) is 0.393. The van der Waals surface area contributed by atoms with Crippen molar-refractivity contribution in [1.82, 2.24) is 10.6 Å². The number of hydrogen-bond donors (Lipinski definition) is 2. The van der Waals surface area contributed by atoms with E-state index in [0.29, 0.717) is 17.7 Å². The fourth-order valence-corrected chi connectivity index (χ4v) is 2.26. The lowest BCUT2D eigenvalue weighted by atomic mass is 10.0. The van der Waals surface area contributed by atoms with Crippen LogP contribution in [0.25, 0.3) is 0 Å². The summed E-state index contributed by atoms with van der Waals surface area (Å²) in [6, 6.07) is 5.52. The third-order valence-corrected chi connectivity index (χ3v) is 3.64. The van der Waals surface area contributed by atoms with Gasteiger partial charge in [-0.2, -0.15) is 0 Å². The van der Waals surface area contributed by atoms with Crippen LogP contribution in [0.2, 0.25) is 0 Å². The van der Waals surface area contributed by atoms with E-state index in [4.69, 9.17) is 9.47 Å². The highest BCUT2D eigenvalue weighted by Gasteiger charge is 2.23. The molecular weight excluding hydrogens is 368 g/mol. The van der Waals surface area contributed by atoms with E-state index < -0.39 is 42.9 Å². The highest BCUT2D eigenvalue weighted by atomic mass is 16.5. The van der Waals surface area contributed by atoms with Gasteiger partial charge in [0.15, 0.2) is 6.61 Å². The summed E-state index contributed by atoms with van der Waals surface area (Å²) in [4.78, 5) is 47.2. The highest BCUT2D eigenvalue weighted by Crippen LogP contribution is 2.11. The minimum atomic E-state index is -0.814. The summed E-state index contributed by atoms with van der Waals surface area (Å²) in [5.41, 5.74) is 0.348. The average Bonchev–Trinajstić information content (AvgIpc) is 2.69. The van der Waals surface area contributed by atoms with Crippen molar-refractivity contribution in [3.05, 3.63) is 29.8 Å². The lowest BCUT2D eigenvalue weighted by Crippen LogP contribution is -2.44. The molecule has 1 atom stereocenters. The SMILES string of the molecule is COC(=O)[C@H](CC(C)C)NC(=O)COC(=O)CNC(=O)c1ccc(OC)cc1. The predicted molar refractivity (Wildman–Crippen MR) is 99.7 cm³/mol. The molecular formula is C19H26N2O7. The zero-order valence-electron chi connectivity index (χ0n) is 16.4. The minimum absolute atomic E-state index is 0.153. The van der Waals surface area contributed by atoms with Crippen LogP contribution >= 0.6 is 0 Å². The maximum absolute atomic E-state index is 12.0. The van der Waals surface area contributed by atoms with Gasteiger partial charge in [0.2, 0.25) is 0 Å². The molecule has 1 aromatic rings. The molecule has 0 aliphatic rings. The Hall–Kier alpha value is -3.10. The Morgan fingerprint density at radius 1 is 1.04 bits per heavy atom. The molecule has 2 N–H and O–H groups in total. The van der Waals surface area contributed by atoms with Crippen LogP contribution in [0.5, 0.6) is 5.75 Å². The van der Waals surface area contributed by atoms with Gasteiger partial charge in [0, 0.05) is 5.56 Å². The van der Waals surface area contributed by atoms with Crippen LogP contribution in [0.4, 0.5) is 0 Å². The maximum Gasteiger partial charge on any atom is 0.328 e. The minimum Gasteiger partial charge on any atom is -0.497 e. The Morgan fingerprint density at radius 3 is 2.21 bits per heavy atom. The van der Waals surface area contributed by atoms with Crippen LogP contribution in [0.15, 0.2) is 24.3 Å². The lowest BCUT2D eigenvalue weighted by Gasteiger charge is -2.18. The number of esters is 2. The van der Waals surface area contributed by atoms with Crippen molar-refractivity contribution in [2.24, 2.45) is 5.92 Å². The second kappa shape index (κ2) is 11.6. The standard InChI is InChI=1S/C19H26N2O7/c1-12(2)9-15(19(25)27-4)21-16(22)11-28-17(23)10-20-18(24)13-5-7-14(26-3)8-6-13/h5-8,12,15H,9-11H2,1-4H3,(H,20,24)(H,21,22)/t15-/m0/s1. The molecule has 0 fully saturated rings. The Balaban J connectivity index is 2.40. The molecule has 28 heavy (non-hydrogen) atoms. The van der Waals surface area contributed by atoms with E-state index in [-0.39, 0.29) is 5.92 Å². The molecule has 0 aliphatic heterocycles. The number of ether oxygens (including phenoxy) is 3. The number of nitrogens with one attached hydrogen (secondary N) is 2. The molecule has 1 rings (SSSR count). The predicted octanol–water partition coefficient (Wildman–Crippen LogP) is 0.672. The van der Waals surface area contributed by atoms with Crippen molar-refractivity contribution in [1.29, 1.82) is 0 Å². The van der Waals surface area contributed by atoms with Crippen LogP contribution in [0.3, 0.4) is 0 Å². The molecule has 0 saturated carbocycles. The Kier molecular flexibility index (Phi) is 9.49. The van der Waals surface area contributed by atoms with Crippen molar-refractivity contribution >= 4 is 23.8 Å². The highest BCUT2D eigenvalue weighted by molar-refractivity contribution is 5.96. The first-order valence-corrected chi connectivity index (χ1v) is 8.71. The van der Waals surface area contributed by atoms with Gasteiger partial charge in [-0.25, -0.2) is 4.79 Å². The van der Waals surface area contributed by atoms with Crippen molar-refractivity contribution < 1.29 is 33.4 Å². The number of carbonyl (C=O) groups is 4. The van der Waals surface area contributed by atoms with Gasteiger partial charge < -0.3 is 24.8 Å². The monoisotopic (exact) mass is 394 g/mol. The van der Waals surface area contributed by atoms with E-state index >= 15 is 0 Å². The van der Waals surface area contributed by atoms with Crippen LogP contribution in [0.1, 0.15) is 30.6 Å². The molecule has 0 spiro atoms. The van der Waals surface area contributed by atoms with E-state index in [1.54, 1.807) is 24.3 Å². The Bertz CT molecular complexity index is 686. The van der Waals surface area contributed by atoms with E-state index in [1.165, 1.54) is 14.2 Å². The van der Waals surface area contributed by atoms with E-state index in [9.17, 15) is 19.2 Å². The number of rotatable bonds is 10. The molecule has 9 nitrogen and oxygen atoms in total. The van der Waals surface area contributed by atoms with Gasteiger partial charge in [0.1, 0.15) is 18.3 Å². The second-order valence-electron chi connectivity index (χ2n) is 6.34. The van der Waals surface area contributed by atoms with Gasteiger partial charge in [-0.15, -0.1) is 0 Å². The van der Waals surface area contributed by atoms with Crippen molar-refractivity contribution in [2.75, 3.05) is 27.4 Å². The van der Waals surface area contributed by atoms with Gasteiger partial charge in [-0.05, 0) is 36.6 Å². The first-order valence-electron chi connectivity index (χ1n) is 8.71. The summed E-state index contributed by atoms with van der Waals surface area (Å²) in [6.45, 7) is 2.83. The molecule has 9 heteroatoms. The lowest BCUT2D eigenvalue weighted by molar-refractivity contribution is -0.149. The molecule has 1 aromatic carbocycles. The first kappa shape index (κ1) is 22.9. The second-order valence-corrected chi connectivity index (χ2v) is 6.34. The summed E-state index contributed by atoms with van der Waals surface area (Å²) in [5.74, 6) is -1.70. The van der Waals surface area contributed by atoms with Crippen molar-refractivity contribution in [3.63, 3.8) is 0 Å². The van der Waals surface area contributed by atoms with E-state index in [0.717, 1.165) is 0 Å². The Morgan fingerprint density at radius 2 is 1.68 bits per heavy atom. The first-order chi connectivity index (χ1) is 13.3. The number of hydrogen-bond acceptors (Lipinski definition) is 7. The van der Waals surface area contributed by atoms with Crippen molar-refractivity contribution in [2.45, 2.75) is 26.3 Å². The number of amides is 2. The van der Waals surface area contributed by atoms with Crippen LogP contribution in [0, 0.1) is 5.92 Å². The molecule has 154 valence electrons. The molecule has 0 heterocycles. The van der Waals surface area contributed by atoms with Crippen LogP contribution in [-0.2, 0) is 23.9 Å². The molecule has 0 saturated heterocycles. The summed E-state index contributed by atoms with van der Waals surface area (Å²) >= 11 is 0. The number of benzene rings is 1. The van der Waals surface area contributed by atoms with Gasteiger partial charge in [0.05, 0.1) is 14.2 Å². The Labute approximate surface area is 163 Å². The smallest absolute Gasteiger partial charge is 0.328 e. The molecule has 0 unspecified atom stereocenters. The van der Waals surface area contributed by atoms with Crippen molar-refractivity contribution in [3.8, 4) is 5.75 Å². The molecule has 0 aromatic heterocycles. The molecule has 0 radical (unpaired) electrons. The molecule has 0 bridgehead atoms.